The summed E-state index contributed by atoms with van der Waals surface area (Å²) >= 11 is 0. The van der Waals surface area contributed by atoms with E-state index in [1.54, 1.807) is 29.9 Å². The molecule has 3 N–H and O–H groups in total. The van der Waals surface area contributed by atoms with Gasteiger partial charge in [-0.1, -0.05) is 6.07 Å². The van der Waals surface area contributed by atoms with Gasteiger partial charge in [0.15, 0.2) is 5.65 Å². The summed E-state index contributed by atoms with van der Waals surface area (Å²) in [6.45, 7) is 1.53. The van der Waals surface area contributed by atoms with E-state index >= 15 is 0 Å². The average Bonchev–Trinajstić information content (AvgIpc) is 3.31. The van der Waals surface area contributed by atoms with Gasteiger partial charge in [-0.05, 0) is 37.3 Å². The van der Waals surface area contributed by atoms with Crippen molar-refractivity contribution < 1.29 is 26.8 Å². The molecule has 8 nitrogen and oxygen atoms in total. The van der Waals surface area contributed by atoms with E-state index in [2.05, 4.69) is 20.4 Å². The van der Waals surface area contributed by atoms with Gasteiger partial charge in [0.05, 0.1) is 22.2 Å². The van der Waals surface area contributed by atoms with Crippen LogP contribution in [0, 0.1) is 12.7 Å². The summed E-state index contributed by atoms with van der Waals surface area (Å²) in [6.07, 6.45) is -3.35. The summed E-state index contributed by atoms with van der Waals surface area (Å²) < 4.78 is 60.5. The molecule has 178 valence electrons. The van der Waals surface area contributed by atoms with Gasteiger partial charge in [0.2, 0.25) is 0 Å². The molecular weight excluding hydrogens is 468 g/mol. The summed E-state index contributed by atoms with van der Waals surface area (Å²) in [5, 5.41) is 7.62. The lowest BCUT2D eigenvalue weighted by atomic mass is 10.0. The van der Waals surface area contributed by atoms with E-state index in [1.165, 1.54) is 13.3 Å². The van der Waals surface area contributed by atoms with Crippen molar-refractivity contribution >= 4 is 39.4 Å². The van der Waals surface area contributed by atoms with E-state index in [9.17, 15) is 22.4 Å². The molecule has 0 fully saturated rings. The van der Waals surface area contributed by atoms with Crippen molar-refractivity contribution in [3.63, 3.8) is 0 Å². The third-order valence-electron chi connectivity index (χ3n) is 5.56. The van der Waals surface area contributed by atoms with Crippen LogP contribution in [0.3, 0.4) is 0 Å². The van der Waals surface area contributed by atoms with E-state index in [1.807, 2.05) is 0 Å². The van der Waals surface area contributed by atoms with Gasteiger partial charge in [0, 0.05) is 18.0 Å². The number of halogens is 4. The number of nitrogens with zero attached hydrogens (tertiary/aromatic N) is 4. The number of nitrogen functional groups attached to an aromatic ring is 1. The molecule has 0 saturated heterocycles. The zero-order chi connectivity index (χ0) is 25.1. The lowest BCUT2D eigenvalue weighted by molar-refractivity contribution is -0.137. The molecule has 5 aromatic rings. The maximum atomic E-state index is 14.1. The second-order valence-electron chi connectivity index (χ2n) is 7.82. The van der Waals surface area contributed by atoms with Crippen molar-refractivity contribution in [2.24, 2.45) is 7.05 Å². The highest BCUT2D eigenvalue weighted by atomic mass is 19.4. The second kappa shape index (κ2) is 7.79. The first kappa shape index (κ1) is 22.3. The lowest BCUT2D eigenvalue weighted by Crippen LogP contribution is -2.15. The molecule has 3 aromatic heterocycles. The van der Waals surface area contributed by atoms with Crippen LogP contribution in [0.2, 0.25) is 0 Å². The van der Waals surface area contributed by atoms with Crippen LogP contribution >= 0.6 is 0 Å². The van der Waals surface area contributed by atoms with Crippen molar-refractivity contribution in [2.75, 3.05) is 11.1 Å². The van der Waals surface area contributed by atoms with Crippen molar-refractivity contribution in [3.05, 3.63) is 65.4 Å². The zero-order valence-corrected chi connectivity index (χ0v) is 18.2. The van der Waals surface area contributed by atoms with Gasteiger partial charge >= 0.3 is 6.18 Å². The highest BCUT2D eigenvalue weighted by molar-refractivity contribution is 6.14. The molecule has 0 aliphatic heterocycles. The number of nitrogens with one attached hydrogen (secondary N) is 1. The summed E-state index contributed by atoms with van der Waals surface area (Å²) in [7, 11) is 1.71. The fourth-order valence-electron chi connectivity index (χ4n) is 3.94. The Bertz CT molecular complexity index is 1640. The van der Waals surface area contributed by atoms with Crippen LogP contribution in [0.4, 0.5) is 29.1 Å². The van der Waals surface area contributed by atoms with E-state index < -0.39 is 29.2 Å². The normalized spacial score (nSPS) is 11.9. The van der Waals surface area contributed by atoms with Gasteiger partial charge in [-0.3, -0.25) is 4.79 Å². The van der Waals surface area contributed by atoms with Crippen LogP contribution < -0.4 is 11.1 Å². The van der Waals surface area contributed by atoms with Crippen LogP contribution in [-0.4, -0.2) is 25.7 Å². The zero-order valence-electron chi connectivity index (χ0n) is 18.2. The summed E-state index contributed by atoms with van der Waals surface area (Å²) in [5.74, 6) is -1.36. The minimum absolute atomic E-state index is 0.0667. The first-order valence-electron chi connectivity index (χ1n) is 10.2. The topological polar surface area (TPSA) is 112 Å². The van der Waals surface area contributed by atoms with Gasteiger partial charge in [-0.15, -0.1) is 0 Å². The number of hydrogen-bond acceptors (Lipinski definition) is 6. The summed E-state index contributed by atoms with van der Waals surface area (Å²) in [5.41, 5.74) is 6.40. The largest absolute Gasteiger partial charge is 0.460 e. The molecule has 5 rings (SSSR count). The molecule has 3 heterocycles. The third kappa shape index (κ3) is 3.72. The van der Waals surface area contributed by atoms with Gasteiger partial charge in [-0.25, -0.2) is 19.0 Å². The monoisotopic (exact) mass is 484 g/mol. The number of hydrogen-bond donors (Lipinski definition) is 2. The number of anilines is 2. The number of fused-ring (bicyclic) bond motifs is 2. The van der Waals surface area contributed by atoms with Gasteiger partial charge in [-0.2, -0.15) is 18.3 Å². The van der Waals surface area contributed by atoms with Crippen molar-refractivity contribution in [1.29, 1.82) is 0 Å². The van der Waals surface area contributed by atoms with Crippen LogP contribution in [-0.2, 0) is 13.2 Å². The predicted molar refractivity (Wildman–Crippen MR) is 120 cm³/mol. The molecule has 0 radical (unpaired) electrons. The molecule has 2 aromatic carbocycles. The summed E-state index contributed by atoms with van der Waals surface area (Å²) in [4.78, 5) is 21.1. The van der Waals surface area contributed by atoms with Gasteiger partial charge < -0.3 is 15.5 Å². The van der Waals surface area contributed by atoms with Crippen LogP contribution in [0.5, 0.6) is 0 Å². The smallest absolute Gasteiger partial charge is 0.416 e. The number of aryl methyl sites for hydroxylation is 2. The molecule has 0 aliphatic rings. The van der Waals surface area contributed by atoms with Crippen LogP contribution in [0.1, 0.15) is 21.7 Å². The molecule has 0 aliphatic carbocycles. The first-order chi connectivity index (χ1) is 16.5. The number of amides is 1. The van der Waals surface area contributed by atoms with Crippen LogP contribution in [0.25, 0.3) is 33.3 Å². The predicted octanol–water partition coefficient (Wildman–Crippen LogP) is 5.08. The lowest BCUT2D eigenvalue weighted by Gasteiger charge is -2.11. The van der Waals surface area contributed by atoms with E-state index in [-0.39, 0.29) is 17.1 Å². The van der Waals surface area contributed by atoms with Crippen molar-refractivity contribution in [1.82, 2.24) is 19.7 Å². The van der Waals surface area contributed by atoms with Gasteiger partial charge in [0.25, 0.3) is 5.91 Å². The Balaban J connectivity index is 1.55. The Morgan fingerprint density at radius 2 is 1.91 bits per heavy atom. The van der Waals surface area contributed by atoms with E-state index in [0.717, 1.165) is 0 Å². The number of aromatic nitrogens is 4. The molecule has 1 amide bonds. The number of rotatable bonds is 3. The fourth-order valence-corrected chi connectivity index (χ4v) is 3.94. The number of benzene rings is 2. The Kier molecular flexibility index (Phi) is 4.97. The number of carbonyl (C=O) groups is 1. The molecule has 35 heavy (non-hydrogen) atoms. The molecule has 0 atom stereocenters. The highest BCUT2D eigenvalue weighted by Gasteiger charge is 2.31. The van der Waals surface area contributed by atoms with Crippen molar-refractivity contribution in [3.8, 4) is 11.3 Å². The molecule has 0 unspecified atom stereocenters. The molecular formula is C23H16F4N6O2. The molecule has 0 spiro atoms. The quantitative estimate of drug-likeness (QED) is 0.346. The minimum atomic E-state index is -4.69. The minimum Gasteiger partial charge on any atom is -0.460 e. The Labute approximate surface area is 194 Å². The number of nitrogens with two attached hydrogens (primary N) is 1. The molecule has 0 bridgehead atoms. The number of carbonyl (C=O) groups excluding carboxylic acids is 1. The maximum Gasteiger partial charge on any atom is 0.416 e. The van der Waals surface area contributed by atoms with Gasteiger partial charge in [0.1, 0.15) is 35.0 Å². The maximum absolute atomic E-state index is 14.1. The molecule has 12 heteroatoms. The Hall–Kier alpha value is -4.48. The first-order valence-corrected chi connectivity index (χ1v) is 10.2. The third-order valence-corrected chi connectivity index (χ3v) is 5.56. The Morgan fingerprint density at radius 3 is 2.66 bits per heavy atom. The number of alkyl halides is 3. The summed E-state index contributed by atoms with van der Waals surface area (Å²) in [6, 6.07) is 6.74. The second-order valence-corrected chi connectivity index (χ2v) is 7.82. The van der Waals surface area contributed by atoms with E-state index in [4.69, 9.17) is 10.2 Å². The van der Waals surface area contributed by atoms with Crippen LogP contribution in [0.15, 0.2) is 47.1 Å². The average molecular weight is 484 g/mol. The Morgan fingerprint density at radius 1 is 1.14 bits per heavy atom. The fraction of sp³-hybridized carbons (Fsp3) is 0.130. The standard InChI is InChI=1S/C23H16F4N6O2/c1-10-17(22(34)31-15-8-12(23(25,26)27)4-6-14(15)24)13-5-3-11(7-16(13)35-10)19-18-20(28)29-9-30-21(18)33(2)32-19/h3-9H,1-2H3,(H,31,34)(H2,28,29,30). The highest BCUT2D eigenvalue weighted by Crippen LogP contribution is 2.35. The number of furan rings is 1. The molecule has 0 saturated carbocycles. The SMILES string of the molecule is Cc1oc2cc(-c3nn(C)c4ncnc(N)c34)ccc2c1C(=O)Nc1cc(C(F)(F)F)ccc1F. The van der Waals surface area contributed by atoms with Crippen molar-refractivity contribution in [2.45, 2.75) is 13.1 Å². The van der Waals surface area contributed by atoms with E-state index in [0.29, 0.717) is 51.5 Å².